The molecule has 0 amide bonds. The SMILES string of the molecule is CCC/C=C\CCCCCCCCOCC(COC1OC(COC2OC(CO)C(O)C(O)C2O)C(O)C(O)C1O)OC(=O)CCCCCCCCCCC/C=C\CCCCCCCC. The van der Waals surface area contributed by atoms with E-state index in [1.807, 2.05) is 0 Å². The molecule has 2 saturated heterocycles. The molecule has 2 aliphatic heterocycles. The average Bonchev–Trinajstić information content (AvgIpc) is 3.29. The molecule has 0 aromatic carbocycles. The Balaban J connectivity index is 1.75. The van der Waals surface area contributed by atoms with E-state index >= 15 is 0 Å². The highest BCUT2D eigenvalue weighted by atomic mass is 16.7. The molecular formula is C50H92O14. The number of ether oxygens (including phenoxy) is 6. The zero-order valence-corrected chi connectivity index (χ0v) is 39.8. The number of aliphatic hydroxyl groups is 7. The van der Waals surface area contributed by atoms with Crippen LogP contribution in [0.3, 0.4) is 0 Å². The van der Waals surface area contributed by atoms with E-state index in [4.69, 9.17) is 28.4 Å². The lowest BCUT2D eigenvalue weighted by Crippen LogP contribution is -2.61. The van der Waals surface area contributed by atoms with Crippen LogP contribution < -0.4 is 0 Å². The molecule has 376 valence electrons. The number of esters is 1. The number of hydrogen-bond acceptors (Lipinski definition) is 14. The monoisotopic (exact) mass is 917 g/mol. The van der Waals surface area contributed by atoms with E-state index in [2.05, 4.69) is 38.2 Å². The van der Waals surface area contributed by atoms with E-state index in [0.717, 1.165) is 51.4 Å². The highest BCUT2D eigenvalue weighted by molar-refractivity contribution is 5.69. The minimum Gasteiger partial charge on any atom is -0.457 e. The van der Waals surface area contributed by atoms with Gasteiger partial charge in [0.05, 0.1) is 26.4 Å². The average molecular weight is 917 g/mol. The van der Waals surface area contributed by atoms with Gasteiger partial charge in [-0.1, -0.05) is 147 Å². The van der Waals surface area contributed by atoms with Crippen molar-refractivity contribution >= 4 is 5.97 Å². The summed E-state index contributed by atoms with van der Waals surface area (Å²) in [6, 6.07) is 0. The Hall–Kier alpha value is -1.53. The van der Waals surface area contributed by atoms with E-state index in [-0.39, 0.29) is 25.6 Å². The van der Waals surface area contributed by atoms with Crippen LogP contribution in [0.15, 0.2) is 24.3 Å². The third-order valence-corrected chi connectivity index (χ3v) is 12.2. The number of unbranched alkanes of at least 4 members (excludes halogenated alkanes) is 22. The van der Waals surface area contributed by atoms with Crippen molar-refractivity contribution in [1.82, 2.24) is 0 Å². The summed E-state index contributed by atoms with van der Waals surface area (Å²) in [5.41, 5.74) is 0. The first-order chi connectivity index (χ1) is 31.1. The number of rotatable bonds is 40. The summed E-state index contributed by atoms with van der Waals surface area (Å²) in [6.45, 7) is 3.62. The maximum Gasteiger partial charge on any atom is 0.306 e. The maximum atomic E-state index is 13.0. The normalized spacial score (nSPS) is 26.9. The van der Waals surface area contributed by atoms with Gasteiger partial charge in [0.2, 0.25) is 0 Å². The fourth-order valence-corrected chi connectivity index (χ4v) is 7.99. The summed E-state index contributed by atoms with van der Waals surface area (Å²) < 4.78 is 34.2. The fourth-order valence-electron chi connectivity index (χ4n) is 7.99. The molecule has 7 N–H and O–H groups in total. The molecule has 0 saturated carbocycles. The van der Waals surface area contributed by atoms with Crippen LogP contribution in [0.1, 0.15) is 187 Å². The number of carbonyl (C=O) groups excluding carboxylic acids is 1. The molecule has 0 bridgehead atoms. The van der Waals surface area contributed by atoms with Crippen LogP contribution in [-0.4, -0.2) is 142 Å². The molecule has 2 rings (SSSR count). The Bertz CT molecular complexity index is 1160. The lowest BCUT2D eigenvalue weighted by atomic mass is 9.98. The van der Waals surface area contributed by atoms with E-state index in [0.29, 0.717) is 13.0 Å². The van der Waals surface area contributed by atoms with Gasteiger partial charge in [-0.15, -0.1) is 0 Å². The molecule has 0 radical (unpaired) electrons. The zero-order valence-electron chi connectivity index (χ0n) is 39.8. The summed E-state index contributed by atoms with van der Waals surface area (Å²) in [6.07, 6.45) is 23.9. The van der Waals surface area contributed by atoms with Crippen LogP contribution in [0, 0.1) is 0 Å². The van der Waals surface area contributed by atoms with Gasteiger partial charge in [0.15, 0.2) is 12.6 Å². The highest BCUT2D eigenvalue weighted by Crippen LogP contribution is 2.26. The smallest absolute Gasteiger partial charge is 0.306 e. The van der Waals surface area contributed by atoms with Gasteiger partial charge in [-0.3, -0.25) is 4.79 Å². The van der Waals surface area contributed by atoms with Crippen LogP contribution in [0.4, 0.5) is 0 Å². The number of carbonyl (C=O) groups is 1. The predicted molar refractivity (Wildman–Crippen MR) is 247 cm³/mol. The van der Waals surface area contributed by atoms with Crippen molar-refractivity contribution in [3.05, 3.63) is 24.3 Å². The summed E-state index contributed by atoms with van der Waals surface area (Å²) in [7, 11) is 0. The molecule has 11 unspecified atom stereocenters. The Morgan fingerprint density at radius 1 is 0.500 bits per heavy atom. The first-order valence-corrected chi connectivity index (χ1v) is 25.4. The van der Waals surface area contributed by atoms with Gasteiger partial charge in [0.1, 0.15) is 54.9 Å². The van der Waals surface area contributed by atoms with Gasteiger partial charge < -0.3 is 64.2 Å². The van der Waals surface area contributed by atoms with E-state index < -0.39 is 80.7 Å². The molecule has 64 heavy (non-hydrogen) atoms. The summed E-state index contributed by atoms with van der Waals surface area (Å²) in [5, 5.41) is 72.0. The number of allylic oxidation sites excluding steroid dienone is 4. The first-order valence-electron chi connectivity index (χ1n) is 25.4. The molecule has 11 atom stereocenters. The molecule has 0 aliphatic carbocycles. The van der Waals surface area contributed by atoms with Gasteiger partial charge in [0, 0.05) is 13.0 Å². The van der Waals surface area contributed by atoms with Crippen LogP contribution in [0.2, 0.25) is 0 Å². The molecule has 2 heterocycles. The predicted octanol–water partition coefficient (Wildman–Crippen LogP) is 7.24. The van der Waals surface area contributed by atoms with Crippen molar-refractivity contribution in [1.29, 1.82) is 0 Å². The lowest BCUT2D eigenvalue weighted by molar-refractivity contribution is -0.332. The van der Waals surface area contributed by atoms with Crippen molar-refractivity contribution in [2.45, 2.75) is 255 Å². The fraction of sp³-hybridized carbons (Fsp3) is 0.900. The van der Waals surface area contributed by atoms with Crippen molar-refractivity contribution in [2.24, 2.45) is 0 Å². The van der Waals surface area contributed by atoms with Crippen molar-refractivity contribution in [3.8, 4) is 0 Å². The summed E-state index contributed by atoms with van der Waals surface area (Å²) >= 11 is 0. The van der Waals surface area contributed by atoms with E-state index in [1.165, 1.54) is 109 Å². The Morgan fingerprint density at radius 3 is 1.48 bits per heavy atom. The van der Waals surface area contributed by atoms with Crippen LogP contribution in [-0.2, 0) is 33.2 Å². The van der Waals surface area contributed by atoms with Crippen molar-refractivity contribution < 1.29 is 69.0 Å². The quantitative estimate of drug-likeness (QED) is 0.0184. The molecule has 2 fully saturated rings. The first kappa shape index (κ1) is 58.6. The molecule has 0 spiro atoms. The largest absolute Gasteiger partial charge is 0.457 e. The molecule has 14 heteroatoms. The molecule has 14 nitrogen and oxygen atoms in total. The number of aliphatic hydroxyl groups excluding tert-OH is 7. The molecule has 2 aliphatic rings. The van der Waals surface area contributed by atoms with Gasteiger partial charge in [-0.2, -0.15) is 0 Å². The molecular weight excluding hydrogens is 825 g/mol. The third kappa shape index (κ3) is 26.1. The van der Waals surface area contributed by atoms with Crippen molar-refractivity contribution in [2.75, 3.05) is 33.0 Å². The van der Waals surface area contributed by atoms with Crippen molar-refractivity contribution in [3.63, 3.8) is 0 Å². The Labute approximate surface area is 386 Å². The summed E-state index contributed by atoms with van der Waals surface area (Å²) in [4.78, 5) is 13.0. The number of hydrogen-bond donors (Lipinski definition) is 7. The molecule has 0 aromatic rings. The van der Waals surface area contributed by atoms with E-state index in [1.54, 1.807) is 0 Å². The van der Waals surface area contributed by atoms with Gasteiger partial charge >= 0.3 is 5.97 Å². The van der Waals surface area contributed by atoms with Crippen LogP contribution in [0.5, 0.6) is 0 Å². The molecule has 0 aromatic heterocycles. The third-order valence-electron chi connectivity index (χ3n) is 12.2. The Kier molecular flexibility index (Phi) is 35.2. The second-order valence-corrected chi connectivity index (χ2v) is 18.0. The lowest BCUT2D eigenvalue weighted by Gasteiger charge is -2.42. The van der Waals surface area contributed by atoms with Crippen LogP contribution >= 0.6 is 0 Å². The zero-order chi connectivity index (χ0) is 46.6. The van der Waals surface area contributed by atoms with Gasteiger partial charge in [-0.25, -0.2) is 0 Å². The standard InChI is InChI=1S/C50H92O14/c1-3-5-7-9-11-13-15-16-17-18-19-20-21-22-23-25-27-29-31-33-42(52)62-39(36-59-34-32-30-28-26-24-14-12-10-8-6-4-2)37-60-49-48(58)46(56)44(54)41(64-49)38-61-50-47(57)45(55)43(53)40(35-51)63-50/h8,10,16-17,39-41,43-51,53-58H,3-7,9,11-15,18-38H2,1-2H3/b10-8-,17-16-. The second-order valence-electron chi connectivity index (χ2n) is 18.0. The minimum atomic E-state index is -1.70. The summed E-state index contributed by atoms with van der Waals surface area (Å²) in [5.74, 6) is -0.380. The minimum absolute atomic E-state index is 0.0585. The maximum absolute atomic E-state index is 13.0. The highest BCUT2D eigenvalue weighted by Gasteiger charge is 2.47. The van der Waals surface area contributed by atoms with E-state index in [9.17, 15) is 40.5 Å². The van der Waals surface area contributed by atoms with Crippen LogP contribution in [0.25, 0.3) is 0 Å². The van der Waals surface area contributed by atoms with Gasteiger partial charge in [-0.05, 0) is 57.8 Å². The Morgan fingerprint density at radius 2 is 0.953 bits per heavy atom. The topological polar surface area (TPSA) is 214 Å². The second kappa shape index (κ2) is 38.4. The van der Waals surface area contributed by atoms with Gasteiger partial charge in [0.25, 0.3) is 0 Å².